The van der Waals surface area contributed by atoms with Crippen molar-refractivity contribution in [2.45, 2.75) is 6.04 Å². The summed E-state index contributed by atoms with van der Waals surface area (Å²) in [5.41, 5.74) is 5.61. The number of carbonyl (C=O) groups is 1. The summed E-state index contributed by atoms with van der Waals surface area (Å²) in [6, 6.07) is 16.7. The van der Waals surface area contributed by atoms with Gasteiger partial charge in [0.15, 0.2) is 0 Å². The van der Waals surface area contributed by atoms with Crippen LogP contribution in [0.3, 0.4) is 0 Å². The van der Waals surface area contributed by atoms with E-state index in [1.165, 1.54) is 0 Å². The fourth-order valence-corrected chi connectivity index (χ4v) is 4.79. The Bertz CT molecular complexity index is 585. The molecule has 0 fully saturated rings. The quantitative estimate of drug-likeness (QED) is 0.816. The first-order chi connectivity index (χ1) is 9.54. The van der Waals surface area contributed by atoms with E-state index in [2.05, 4.69) is 0 Å². The minimum Gasteiger partial charge on any atom is -0.480 e. The van der Waals surface area contributed by atoms with Gasteiger partial charge in [-0.05, 0) is 0 Å². The van der Waals surface area contributed by atoms with Crippen molar-refractivity contribution in [1.29, 1.82) is 0 Å². The van der Waals surface area contributed by atoms with Crippen molar-refractivity contribution >= 4 is 23.7 Å². The van der Waals surface area contributed by atoms with Crippen molar-refractivity contribution in [1.82, 2.24) is 0 Å². The highest BCUT2D eigenvalue weighted by Crippen LogP contribution is 2.43. The average Bonchev–Trinajstić information content (AvgIpc) is 2.48. The first-order valence-corrected chi connectivity index (χ1v) is 8.12. The van der Waals surface area contributed by atoms with Gasteiger partial charge < -0.3 is 15.4 Å². The Hall–Kier alpha value is -1.90. The summed E-state index contributed by atoms with van der Waals surface area (Å²) in [5.74, 6) is -1.14. The van der Waals surface area contributed by atoms with Crippen molar-refractivity contribution in [2.75, 3.05) is 6.16 Å². The van der Waals surface area contributed by atoms with Gasteiger partial charge in [0.2, 0.25) is 0 Å². The van der Waals surface area contributed by atoms with Crippen LogP contribution in [0.25, 0.3) is 0 Å². The van der Waals surface area contributed by atoms with Gasteiger partial charge in [-0.2, -0.15) is 0 Å². The number of hydrogen-bond acceptors (Lipinski definition) is 3. The van der Waals surface area contributed by atoms with Gasteiger partial charge >= 0.3 is 5.97 Å². The molecule has 4 nitrogen and oxygen atoms in total. The third-order valence-corrected chi connectivity index (χ3v) is 6.29. The summed E-state index contributed by atoms with van der Waals surface area (Å²) in [6.45, 7) is 0. The van der Waals surface area contributed by atoms with E-state index >= 15 is 0 Å². The lowest BCUT2D eigenvalue weighted by Crippen LogP contribution is -2.37. The molecule has 2 rings (SSSR count). The number of rotatable bonds is 5. The van der Waals surface area contributed by atoms with Crippen LogP contribution >= 0.6 is 7.14 Å². The van der Waals surface area contributed by atoms with E-state index in [1.54, 1.807) is 48.5 Å². The number of benzene rings is 2. The van der Waals surface area contributed by atoms with Gasteiger partial charge in [0.1, 0.15) is 13.2 Å². The second-order valence-corrected chi connectivity index (χ2v) is 7.42. The third kappa shape index (κ3) is 2.98. The molecule has 5 heteroatoms. The molecule has 2 aromatic rings. The predicted octanol–water partition coefficient (Wildman–Crippen LogP) is 1.41. The Balaban J connectivity index is 2.50. The lowest BCUT2D eigenvalue weighted by Gasteiger charge is -2.21. The highest BCUT2D eigenvalue weighted by molar-refractivity contribution is 7.78. The molecule has 0 bridgehead atoms. The maximum absolute atomic E-state index is 13.4. The minimum absolute atomic E-state index is 0.0869. The van der Waals surface area contributed by atoms with Crippen LogP contribution in [0.2, 0.25) is 0 Å². The van der Waals surface area contributed by atoms with Gasteiger partial charge in [-0.1, -0.05) is 60.7 Å². The molecule has 0 saturated heterocycles. The second kappa shape index (κ2) is 6.04. The van der Waals surface area contributed by atoms with Crippen LogP contribution in [0.15, 0.2) is 60.7 Å². The van der Waals surface area contributed by atoms with Crippen LogP contribution in [-0.4, -0.2) is 23.3 Å². The minimum atomic E-state index is -3.04. The maximum atomic E-state index is 13.4. The summed E-state index contributed by atoms with van der Waals surface area (Å²) in [5, 5.41) is 10.2. The molecule has 0 aliphatic heterocycles. The average molecular weight is 289 g/mol. The summed E-state index contributed by atoms with van der Waals surface area (Å²) in [7, 11) is -3.04. The Kier molecular flexibility index (Phi) is 4.38. The molecule has 0 aliphatic carbocycles. The molecule has 104 valence electrons. The smallest absolute Gasteiger partial charge is 0.320 e. The van der Waals surface area contributed by atoms with Crippen LogP contribution in [-0.2, 0) is 9.36 Å². The van der Waals surface area contributed by atoms with Crippen LogP contribution in [0.1, 0.15) is 0 Å². The van der Waals surface area contributed by atoms with Gasteiger partial charge in [0.05, 0.1) is 0 Å². The zero-order chi connectivity index (χ0) is 14.6. The molecule has 0 aromatic heterocycles. The van der Waals surface area contributed by atoms with E-state index in [1.807, 2.05) is 12.1 Å². The van der Waals surface area contributed by atoms with E-state index < -0.39 is 19.2 Å². The highest BCUT2D eigenvalue weighted by Gasteiger charge is 2.31. The van der Waals surface area contributed by atoms with Crippen molar-refractivity contribution in [3.8, 4) is 0 Å². The Morgan fingerprint density at radius 1 is 1.00 bits per heavy atom. The molecule has 0 amide bonds. The molecular weight excluding hydrogens is 273 g/mol. The summed E-state index contributed by atoms with van der Waals surface area (Å²) in [6.07, 6.45) is -0.0869. The summed E-state index contributed by atoms with van der Waals surface area (Å²) >= 11 is 0. The van der Waals surface area contributed by atoms with E-state index in [0.717, 1.165) is 0 Å². The molecule has 2 aromatic carbocycles. The van der Waals surface area contributed by atoms with E-state index in [-0.39, 0.29) is 6.16 Å². The van der Waals surface area contributed by atoms with Gasteiger partial charge in [-0.3, -0.25) is 4.79 Å². The molecule has 20 heavy (non-hydrogen) atoms. The number of aliphatic carboxylic acids is 1. The van der Waals surface area contributed by atoms with Crippen LogP contribution in [0, 0.1) is 0 Å². The van der Waals surface area contributed by atoms with E-state index in [4.69, 9.17) is 10.8 Å². The standard InChI is InChI=1S/C15H16NO3P/c16-14(15(17)18)11-20(19,12-7-3-1-4-8-12)13-9-5-2-6-10-13/h1-10,14H,11,16H2,(H,17,18)/t14-/m0/s1. The topological polar surface area (TPSA) is 80.4 Å². The molecule has 0 saturated carbocycles. The maximum Gasteiger partial charge on any atom is 0.320 e. The SMILES string of the molecule is N[C@@H](CP(=O)(c1ccccc1)c1ccccc1)C(=O)O. The molecule has 3 N–H and O–H groups in total. The molecular formula is C15H16NO3P. The Morgan fingerprint density at radius 2 is 1.40 bits per heavy atom. The molecule has 1 atom stereocenters. The monoisotopic (exact) mass is 289 g/mol. The Morgan fingerprint density at radius 3 is 1.75 bits per heavy atom. The lowest BCUT2D eigenvalue weighted by atomic mass is 10.4. The Labute approximate surface area is 117 Å². The predicted molar refractivity (Wildman–Crippen MR) is 80.2 cm³/mol. The summed E-state index contributed by atoms with van der Waals surface area (Å²) < 4.78 is 13.4. The molecule has 0 aliphatic rings. The van der Waals surface area contributed by atoms with Crippen LogP contribution < -0.4 is 16.3 Å². The number of nitrogens with two attached hydrogens (primary N) is 1. The van der Waals surface area contributed by atoms with Crippen molar-refractivity contribution < 1.29 is 14.5 Å². The molecule has 0 spiro atoms. The summed E-state index contributed by atoms with van der Waals surface area (Å²) in [4.78, 5) is 11.0. The number of hydrogen-bond donors (Lipinski definition) is 2. The van der Waals surface area contributed by atoms with Crippen LogP contribution in [0.5, 0.6) is 0 Å². The highest BCUT2D eigenvalue weighted by atomic mass is 31.2. The van der Waals surface area contributed by atoms with Gasteiger partial charge in [0.25, 0.3) is 0 Å². The fraction of sp³-hybridized carbons (Fsp3) is 0.133. The van der Waals surface area contributed by atoms with Crippen molar-refractivity contribution in [3.63, 3.8) is 0 Å². The first-order valence-electron chi connectivity index (χ1n) is 6.23. The van der Waals surface area contributed by atoms with Crippen molar-refractivity contribution in [3.05, 3.63) is 60.7 Å². The largest absolute Gasteiger partial charge is 0.480 e. The fourth-order valence-electron chi connectivity index (χ4n) is 2.05. The second-order valence-electron chi connectivity index (χ2n) is 4.54. The zero-order valence-corrected chi connectivity index (χ0v) is 11.7. The van der Waals surface area contributed by atoms with Crippen molar-refractivity contribution in [2.24, 2.45) is 5.73 Å². The van der Waals surface area contributed by atoms with E-state index in [0.29, 0.717) is 10.6 Å². The zero-order valence-electron chi connectivity index (χ0n) is 10.8. The normalized spacial score (nSPS) is 12.8. The van der Waals surface area contributed by atoms with Crippen LogP contribution in [0.4, 0.5) is 0 Å². The number of carboxylic acid groups (broad SMARTS) is 1. The molecule has 0 radical (unpaired) electrons. The first kappa shape index (κ1) is 14.5. The van der Waals surface area contributed by atoms with Gasteiger partial charge in [0, 0.05) is 16.8 Å². The third-order valence-electron chi connectivity index (χ3n) is 3.12. The van der Waals surface area contributed by atoms with E-state index in [9.17, 15) is 9.36 Å². The molecule has 0 heterocycles. The van der Waals surface area contributed by atoms with Gasteiger partial charge in [-0.25, -0.2) is 0 Å². The molecule has 0 unspecified atom stereocenters. The lowest BCUT2D eigenvalue weighted by molar-refractivity contribution is -0.137. The number of carboxylic acids is 1. The van der Waals surface area contributed by atoms with Gasteiger partial charge in [-0.15, -0.1) is 0 Å².